The summed E-state index contributed by atoms with van der Waals surface area (Å²) >= 11 is 0. The predicted octanol–water partition coefficient (Wildman–Crippen LogP) is 2.34. The molecule has 0 atom stereocenters. The van der Waals surface area contributed by atoms with Gasteiger partial charge in [0, 0.05) is 25.1 Å². The second-order valence-electron chi connectivity index (χ2n) is 5.26. The van der Waals surface area contributed by atoms with Gasteiger partial charge in [0.05, 0.1) is 6.61 Å². The van der Waals surface area contributed by atoms with Crippen molar-refractivity contribution in [3.8, 4) is 5.75 Å². The molecule has 1 aromatic rings. The fraction of sp³-hybridized carbons (Fsp3) is 0.600. The second kappa shape index (κ2) is 6.21. The van der Waals surface area contributed by atoms with Crippen LogP contribution in [0.25, 0.3) is 0 Å². The van der Waals surface area contributed by atoms with Crippen LogP contribution < -0.4 is 10.1 Å². The lowest BCUT2D eigenvalue weighted by molar-refractivity contribution is 0.207. The van der Waals surface area contributed by atoms with Gasteiger partial charge in [-0.3, -0.25) is 0 Å². The van der Waals surface area contributed by atoms with Crippen LogP contribution in [-0.2, 0) is 6.54 Å². The molecule has 3 nitrogen and oxygen atoms in total. The van der Waals surface area contributed by atoms with Gasteiger partial charge in [-0.05, 0) is 37.0 Å². The molecule has 1 aliphatic rings. The Morgan fingerprint density at radius 1 is 1.39 bits per heavy atom. The van der Waals surface area contributed by atoms with Crippen LogP contribution in [0, 0.1) is 5.41 Å². The molecule has 0 amide bonds. The minimum Gasteiger partial charge on any atom is -0.494 e. The summed E-state index contributed by atoms with van der Waals surface area (Å²) in [7, 11) is 0. The van der Waals surface area contributed by atoms with Crippen LogP contribution >= 0.6 is 0 Å². The summed E-state index contributed by atoms with van der Waals surface area (Å²) in [5, 5.41) is 12.7. The maximum Gasteiger partial charge on any atom is 0.119 e. The molecule has 0 spiro atoms. The Hall–Kier alpha value is -1.06. The molecule has 2 N–H and O–H groups in total. The number of aliphatic hydroxyl groups excluding tert-OH is 1. The SMILES string of the molecule is CCCOc1cccc(CNCC2(CO)CC2)c1. The van der Waals surface area contributed by atoms with Crippen molar-refractivity contribution in [1.29, 1.82) is 0 Å². The lowest BCUT2D eigenvalue weighted by Crippen LogP contribution is -2.26. The van der Waals surface area contributed by atoms with E-state index in [1.807, 2.05) is 12.1 Å². The Balaban J connectivity index is 1.78. The molecule has 0 bridgehead atoms. The zero-order valence-electron chi connectivity index (χ0n) is 11.1. The van der Waals surface area contributed by atoms with E-state index in [2.05, 4.69) is 24.4 Å². The van der Waals surface area contributed by atoms with Crippen molar-refractivity contribution in [2.75, 3.05) is 19.8 Å². The van der Waals surface area contributed by atoms with Crippen molar-refractivity contribution in [2.45, 2.75) is 32.7 Å². The second-order valence-corrected chi connectivity index (χ2v) is 5.26. The first-order valence-electron chi connectivity index (χ1n) is 6.81. The van der Waals surface area contributed by atoms with Crippen LogP contribution in [0.3, 0.4) is 0 Å². The van der Waals surface area contributed by atoms with E-state index in [4.69, 9.17) is 4.74 Å². The molecule has 0 aliphatic heterocycles. The fourth-order valence-corrected chi connectivity index (χ4v) is 2.00. The quantitative estimate of drug-likeness (QED) is 0.743. The van der Waals surface area contributed by atoms with Crippen LogP contribution in [0.1, 0.15) is 31.7 Å². The van der Waals surface area contributed by atoms with Crippen molar-refractivity contribution in [3.63, 3.8) is 0 Å². The van der Waals surface area contributed by atoms with Crippen molar-refractivity contribution >= 4 is 0 Å². The van der Waals surface area contributed by atoms with E-state index in [1.165, 1.54) is 5.56 Å². The summed E-state index contributed by atoms with van der Waals surface area (Å²) in [5.41, 5.74) is 1.41. The largest absolute Gasteiger partial charge is 0.494 e. The molecule has 18 heavy (non-hydrogen) atoms. The van der Waals surface area contributed by atoms with Gasteiger partial charge in [-0.2, -0.15) is 0 Å². The predicted molar refractivity (Wildman–Crippen MR) is 72.7 cm³/mol. The molecule has 1 fully saturated rings. The lowest BCUT2D eigenvalue weighted by atomic mass is 10.1. The zero-order chi connectivity index (χ0) is 12.8. The Bertz CT molecular complexity index is 375. The number of hydrogen-bond donors (Lipinski definition) is 2. The minimum absolute atomic E-state index is 0.177. The van der Waals surface area contributed by atoms with Crippen LogP contribution in [0.2, 0.25) is 0 Å². The lowest BCUT2D eigenvalue weighted by Gasteiger charge is -2.13. The molecule has 0 aromatic heterocycles. The molecule has 2 rings (SSSR count). The summed E-state index contributed by atoms with van der Waals surface area (Å²) < 4.78 is 5.61. The first-order valence-corrected chi connectivity index (χ1v) is 6.81. The highest BCUT2D eigenvalue weighted by molar-refractivity contribution is 5.28. The topological polar surface area (TPSA) is 41.5 Å². The molecule has 0 saturated heterocycles. The van der Waals surface area contributed by atoms with Crippen LogP contribution in [0.5, 0.6) is 5.75 Å². The third-order valence-corrected chi connectivity index (χ3v) is 3.49. The summed E-state index contributed by atoms with van der Waals surface area (Å²) in [6.45, 7) is 4.92. The van der Waals surface area contributed by atoms with Gasteiger partial charge in [0.1, 0.15) is 5.75 Å². The summed E-state index contributed by atoms with van der Waals surface area (Å²) in [6, 6.07) is 8.21. The van der Waals surface area contributed by atoms with Crippen LogP contribution in [0.15, 0.2) is 24.3 Å². The molecule has 1 aromatic carbocycles. The summed E-state index contributed by atoms with van der Waals surface area (Å²) in [5.74, 6) is 0.944. The third-order valence-electron chi connectivity index (χ3n) is 3.49. The van der Waals surface area contributed by atoms with E-state index in [0.29, 0.717) is 6.61 Å². The Labute approximate surface area is 109 Å². The number of rotatable bonds is 8. The first kappa shape index (κ1) is 13.4. The van der Waals surface area contributed by atoms with Crippen molar-refractivity contribution in [1.82, 2.24) is 5.32 Å². The third kappa shape index (κ3) is 3.72. The van der Waals surface area contributed by atoms with Crippen LogP contribution in [-0.4, -0.2) is 24.9 Å². The van der Waals surface area contributed by atoms with Gasteiger partial charge in [0.15, 0.2) is 0 Å². The maximum absolute atomic E-state index is 9.23. The highest BCUT2D eigenvalue weighted by Gasteiger charge is 2.41. The molecular weight excluding hydrogens is 226 g/mol. The van der Waals surface area contributed by atoms with Gasteiger partial charge < -0.3 is 15.2 Å². The van der Waals surface area contributed by atoms with Crippen LogP contribution in [0.4, 0.5) is 0 Å². The normalized spacial score (nSPS) is 16.6. The number of nitrogens with one attached hydrogen (secondary N) is 1. The highest BCUT2D eigenvalue weighted by Crippen LogP contribution is 2.44. The average molecular weight is 249 g/mol. The Morgan fingerprint density at radius 2 is 2.22 bits per heavy atom. The van der Waals surface area contributed by atoms with Crippen molar-refractivity contribution in [2.24, 2.45) is 5.41 Å². The number of hydrogen-bond acceptors (Lipinski definition) is 3. The van der Waals surface area contributed by atoms with E-state index in [9.17, 15) is 5.11 Å². The number of aliphatic hydroxyl groups is 1. The Morgan fingerprint density at radius 3 is 2.89 bits per heavy atom. The smallest absolute Gasteiger partial charge is 0.119 e. The highest BCUT2D eigenvalue weighted by atomic mass is 16.5. The number of ether oxygens (including phenoxy) is 1. The van der Waals surface area contributed by atoms with Gasteiger partial charge in [-0.25, -0.2) is 0 Å². The average Bonchev–Trinajstić information content (AvgIpc) is 3.17. The van der Waals surface area contributed by atoms with Gasteiger partial charge in [0.2, 0.25) is 0 Å². The number of benzene rings is 1. The molecule has 100 valence electrons. The molecule has 0 heterocycles. The molecular formula is C15H23NO2. The van der Waals surface area contributed by atoms with Gasteiger partial charge in [0.25, 0.3) is 0 Å². The molecule has 0 unspecified atom stereocenters. The van der Waals surface area contributed by atoms with Crippen molar-refractivity contribution in [3.05, 3.63) is 29.8 Å². The fourth-order valence-electron chi connectivity index (χ4n) is 2.00. The van der Waals surface area contributed by atoms with Gasteiger partial charge >= 0.3 is 0 Å². The zero-order valence-corrected chi connectivity index (χ0v) is 11.1. The molecule has 3 heteroatoms. The summed E-state index contributed by atoms with van der Waals surface area (Å²) in [4.78, 5) is 0. The molecule has 1 aliphatic carbocycles. The summed E-state index contributed by atoms with van der Waals surface area (Å²) in [6.07, 6.45) is 3.33. The monoisotopic (exact) mass is 249 g/mol. The Kier molecular flexibility index (Phi) is 4.61. The maximum atomic E-state index is 9.23. The standard InChI is InChI=1S/C15H23NO2/c1-2-8-18-14-5-3-4-13(9-14)10-16-11-15(12-17)6-7-15/h3-5,9,16-17H,2,6-8,10-12H2,1H3. The molecule has 0 radical (unpaired) electrons. The van der Waals surface area contributed by atoms with E-state index in [0.717, 1.165) is 44.7 Å². The first-order chi connectivity index (χ1) is 8.78. The van der Waals surface area contributed by atoms with Crippen molar-refractivity contribution < 1.29 is 9.84 Å². The van der Waals surface area contributed by atoms with E-state index >= 15 is 0 Å². The van der Waals surface area contributed by atoms with E-state index in [-0.39, 0.29) is 5.41 Å². The van der Waals surface area contributed by atoms with E-state index in [1.54, 1.807) is 0 Å². The van der Waals surface area contributed by atoms with Gasteiger partial charge in [-0.15, -0.1) is 0 Å². The van der Waals surface area contributed by atoms with E-state index < -0.39 is 0 Å². The minimum atomic E-state index is 0.177. The molecule has 1 saturated carbocycles. The van der Waals surface area contributed by atoms with Gasteiger partial charge in [-0.1, -0.05) is 19.1 Å².